The maximum Gasteiger partial charge on any atom is 0.335 e. The molecule has 2 aromatic rings. The Morgan fingerprint density at radius 3 is 2.73 bits per heavy atom. The van der Waals surface area contributed by atoms with Crippen molar-refractivity contribution in [2.45, 2.75) is 6.92 Å². The molecule has 4 rings (SSSR count). The molecule has 2 aromatic carbocycles. The fraction of sp³-hybridized carbons (Fsp3) is 0.0556. The van der Waals surface area contributed by atoms with Crippen LogP contribution in [-0.4, -0.2) is 20.9 Å². The minimum absolute atomic E-state index is 0.278. The molecule has 0 unspecified atom stereocenters. The standard InChI is InChI=1S/C18H14N2O2/c1-11-4-2-7-15-16(11)9-13-10-20(19-17(13)15)14-6-3-5-12(8-14)18(21)22/h2-10,19H,1H3,(H,21,22). The number of aryl methyl sites for hydroxylation is 1. The van der Waals surface area contributed by atoms with E-state index in [-0.39, 0.29) is 5.56 Å². The summed E-state index contributed by atoms with van der Waals surface area (Å²) in [4.78, 5) is 11.1. The van der Waals surface area contributed by atoms with Gasteiger partial charge in [0.1, 0.15) is 0 Å². The van der Waals surface area contributed by atoms with Crippen molar-refractivity contribution in [2.75, 3.05) is 0 Å². The van der Waals surface area contributed by atoms with Crippen LogP contribution in [0.5, 0.6) is 0 Å². The van der Waals surface area contributed by atoms with Gasteiger partial charge < -0.3 is 5.11 Å². The van der Waals surface area contributed by atoms with E-state index in [0.717, 1.165) is 16.9 Å². The van der Waals surface area contributed by atoms with Crippen LogP contribution in [0.2, 0.25) is 0 Å². The highest BCUT2D eigenvalue weighted by molar-refractivity contribution is 6.02. The Kier molecular flexibility index (Phi) is 2.60. The summed E-state index contributed by atoms with van der Waals surface area (Å²) in [6, 6.07) is 15.3. The van der Waals surface area contributed by atoms with Gasteiger partial charge in [0.15, 0.2) is 0 Å². The third-order valence-corrected chi connectivity index (χ3v) is 4.05. The number of nitrogens with one attached hydrogen (secondary N) is 1. The van der Waals surface area contributed by atoms with E-state index in [2.05, 4.69) is 30.2 Å². The van der Waals surface area contributed by atoms with E-state index in [1.54, 1.807) is 18.2 Å². The molecule has 0 bridgehead atoms. The highest BCUT2D eigenvalue weighted by Crippen LogP contribution is 2.35. The molecule has 2 N–H and O–H groups in total. The predicted octanol–water partition coefficient (Wildman–Crippen LogP) is 4.07. The van der Waals surface area contributed by atoms with Gasteiger partial charge in [-0.05, 0) is 42.1 Å². The molecule has 0 radical (unpaired) electrons. The Bertz CT molecular complexity index is 978. The molecule has 1 aliphatic carbocycles. The molecule has 0 spiro atoms. The van der Waals surface area contributed by atoms with Gasteiger partial charge >= 0.3 is 5.97 Å². The van der Waals surface area contributed by atoms with Gasteiger partial charge in [-0.15, -0.1) is 0 Å². The number of aromatic carboxylic acids is 1. The molecular weight excluding hydrogens is 276 g/mol. The number of hydrogen-bond donors (Lipinski definition) is 2. The van der Waals surface area contributed by atoms with Crippen molar-refractivity contribution in [3.05, 3.63) is 65.9 Å². The zero-order valence-corrected chi connectivity index (χ0v) is 12.0. The van der Waals surface area contributed by atoms with Gasteiger partial charge in [-0.25, -0.2) is 4.79 Å². The number of hydrogen-bond acceptors (Lipinski definition) is 1. The van der Waals surface area contributed by atoms with E-state index in [1.165, 1.54) is 16.3 Å². The quantitative estimate of drug-likeness (QED) is 0.584. The van der Waals surface area contributed by atoms with E-state index < -0.39 is 5.97 Å². The van der Waals surface area contributed by atoms with Gasteiger partial charge in [0.2, 0.25) is 0 Å². The largest absolute Gasteiger partial charge is 0.478 e. The Morgan fingerprint density at radius 2 is 1.91 bits per heavy atom. The lowest BCUT2D eigenvalue weighted by molar-refractivity contribution is 0.0697. The lowest BCUT2D eigenvalue weighted by Gasteiger charge is -2.04. The molecule has 0 atom stereocenters. The van der Waals surface area contributed by atoms with Crippen LogP contribution in [0.4, 0.5) is 0 Å². The number of nitrogens with zero attached hydrogens (tertiary/aromatic N) is 1. The van der Waals surface area contributed by atoms with Crippen LogP contribution in [0.1, 0.15) is 15.9 Å². The zero-order chi connectivity index (χ0) is 15.3. The lowest BCUT2D eigenvalue weighted by Crippen LogP contribution is -2.00. The van der Waals surface area contributed by atoms with Gasteiger partial charge in [0, 0.05) is 17.1 Å². The van der Waals surface area contributed by atoms with Gasteiger partial charge in [0.05, 0.1) is 16.9 Å². The number of benzene rings is 2. The normalized spacial score (nSPS) is 11.3. The van der Waals surface area contributed by atoms with E-state index >= 15 is 0 Å². The first kappa shape index (κ1) is 12.7. The van der Waals surface area contributed by atoms with Crippen LogP contribution in [0.15, 0.2) is 54.7 Å². The number of carboxylic acids is 1. The fourth-order valence-corrected chi connectivity index (χ4v) is 2.92. The van der Waals surface area contributed by atoms with Crippen molar-refractivity contribution >= 4 is 16.7 Å². The summed E-state index contributed by atoms with van der Waals surface area (Å²) in [5, 5.41) is 14.9. The third kappa shape index (κ3) is 1.81. The van der Waals surface area contributed by atoms with Gasteiger partial charge in [-0.2, -0.15) is 0 Å². The predicted molar refractivity (Wildman–Crippen MR) is 85.9 cm³/mol. The molecule has 22 heavy (non-hydrogen) atoms. The maximum absolute atomic E-state index is 11.1. The summed E-state index contributed by atoms with van der Waals surface area (Å²) >= 11 is 0. The SMILES string of the molecule is Cc1cccc2c3[nH]n(-c4cccc(C(=O)O)c4)cc-3cc12. The number of aromatic nitrogens is 2. The Balaban J connectivity index is 1.90. The van der Waals surface area contributed by atoms with Gasteiger partial charge in [0.25, 0.3) is 0 Å². The van der Waals surface area contributed by atoms with Crippen molar-refractivity contribution in [3.63, 3.8) is 0 Å². The van der Waals surface area contributed by atoms with Crippen LogP contribution >= 0.6 is 0 Å². The second-order valence-electron chi connectivity index (χ2n) is 5.48. The first-order chi connectivity index (χ1) is 10.6. The number of carbonyl (C=O) groups is 1. The Morgan fingerprint density at radius 1 is 1.09 bits per heavy atom. The first-order valence-corrected chi connectivity index (χ1v) is 7.06. The molecular formula is C18H14N2O2. The topological polar surface area (TPSA) is 58.0 Å². The molecule has 0 fully saturated rings. The monoisotopic (exact) mass is 290 g/mol. The molecule has 0 saturated carbocycles. The molecule has 0 saturated heterocycles. The fourth-order valence-electron chi connectivity index (χ4n) is 2.92. The van der Waals surface area contributed by atoms with Gasteiger partial charge in [-0.1, -0.05) is 24.3 Å². The molecule has 0 amide bonds. The second kappa shape index (κ2) is 4.49. The molecule has 4 nitrogen and oxygen atoms in total. The van der Waals surface area contributed by atoms with Crippen molar-refractivity contribution in [1.29, 1.82) is 0 Å². The smallest absolute Gasteiger partial charge is 0.335 e. The highest BCUT2D eigenvalue weighted by atomic mass is 16.4. The summed E-state index contributed by atoms with van der Waals surface area (Å²) < 4.78 is 1.86. The zero-order valence-electron chi connectivity index (χ0n) is 12.0. The number of H-pyrrole nitrogens is 1. The highest BCUT2D eigenvalue weighted by Gasteiger charge is 2.15. The number of rotatable bonds is 2. The number of carboxylic acid groups (broad SMARTS) is 1. The molecule has 4 heteroatoms. The van der Waals surface area contributed by atoms with Crippen molar-refractivity contribution in [3.8, 4) is 16.9 Å². The summed E-state index contributed by atoms with van der Waals surface area (Å²) in [5.41, 5.74) is 4.52. The minimum Gasteiger partial charge on any atom is -0.478 e. The van der Waals surface area contributed by atoms with Crippen LogP contribution < -0.4 is 0 Å². The molecule has 108 valence electrons. The van der Waals surface area contributed by atoms with E-state index in [9.17, 15) is 4.79 Å². The van der Waals surface area contributed by atoms with Crippen molar-refractivity contribution < 1.29 is 9.90 Å². The van der Waals surface area contributed by atoms with Gasteiger partial charge in [-0.3, -0.25) is 9.78 Å². The summed E-state index contributed by atoms with van der Waals surface area (Å²) in [7, 11) is 0. The van der Waals surface area contributed by atoms with Crippen LogP contribution in [0.25, 0.3) is 27.7 Å². The van der Waals surface area contributed by atoms with Crippen LogP contribution in [0.3, 0.4) is 0 Å². The average Bonchev–Trinajstić information content (AvgIpc) is 3.06. The van der Waals surface area contributed by atoms with Crippen LogP contribution in [0, 0.1) is 6.92 Å². The molecule has 2 aliphatic rings. The van der Waals surface area contributed by atoms with E-state index in [4.69, 9.17) is 5.11 Å². The maximum atomic E-state index is 11.1. The Labute approximate surface area is 126 Å². The number of fused-ring (bicyclic) bond motifs is 3. The van der Waals surface area contributed by atoms with E-state index in [0.29, 0.717) is 0 Å². The Hall–Kier alpha value is -3.01. The summed E-state index contributed by atoms with van der Waals surface area (Å²) in [5.74, 6) is -0.922. The van der Waals surface area contributed by atoms with Crippen molar-refractivity contribution in [1.82, 2.24) is 9.78 Å². The summed E-state index contributed by atoms with van der Waals surface area (Å²) in [6.45, 7) is 2.10. The van der Waals surface area contributed by atoms with Crippen molar-refractivity contribution in [2.24, 2.45) is 0 Å². The first-order valence-electron chi connectivity index (χ1n) is 7.06. The third-order valence-electron chi connectivity index (χ3n) is 4.05. The summed E-state index contributed by atoms with van der Waals surface area (Å²) in [6.07, 6.45) is 2.00. The number of aromatic amines is 1. The molecule has 0 aromatic heterocycles. The molecule has 1 heterocycles. The van der Waals surface area contributed by atoms with Crippen LogP contribution in [-0.2, 0) is 0 Å². The molecule has 1 aliphatic heterocycles. The minimum atomic E-state index is -0.922. The lowest BCUT2D eigenvalue weighted by atomic mass is 10.1. The second-order valence-corrected chi connectivity index (χ2v) is 5.48. The average molecular weight is 290 g/mol. The van der Waals surface area contributed by atoms with E-state index in [1.807, 2.05) is 23.0 Å².